The van der Waals surface area contributed by atoms with E-state index in [0.29, 0.717) is 23.9 Å². The van der Waals surface area contributed by atoms with Crippen molar-refractivity contribution in [1.82, 2.24) is 4.57 Å². The van der Waals surface area contributed by atoms with Crippen LogP contribution >= 0.6 is 11.6 Å². The van der Waals surface area contributed by atoms with Crippen LogP contribution in [0.5, 0.6) is 5.75 Å². The molecule has 0 fully saturated rings. The summed E-state index contributed by atoms with van der Waals surface area (Å²) in [7, 11) is 0. The molecule has 0 bridgehead atoms. The normalized spacial score (nSPS) is 13.6. The van der Waals surface area contributed by atoms with Crippen molar-refractivity contribution in [2.45, 2.75) is 58.1 Å². The van der Waals surface area contributed by atoms with Crippen LogP contribution in [0.1, 0.15) is 51.5 Å². The third kappa shape index (κ3) is 5.09. The number of halogens is 1. The van der Waals surface area contributed by atoms with E-state index in [9.17, 15) is 5.11 Å². The van der Waals surface area contributed by atoms with Gasteiger partial charge in [0.25, 0.3) is 0 Å². The zero-order valence-electron chi connectivity index (χ0n) is 16.8. The predicted octanol–water partition coefficient (Wildman–Crippen LogP) is 6.55. The fourth-order valence-corrected chi connectivity index (χ4v) is 3.80. The van der Waals surface area contributed by atoms with Crippen LogP contribution in [0.3, 0.4) is 0 Å². The highest BCUT2D eigenvalue weighted by atomic mass is 35.5. The van der Waals surface area contributed by atoms with E-state index in [1.807, 2.05) is 43.5 Å². The van der Waals surface area contributed by atoms with Crippen LogP contribution in [-0.2, 0) is 12.1 Å². The summed E-state index contributed by atoms with van der Waals surface area (Å²) < 4.78 is 8.11. The summed E-state index contributed by atoms with van der Waals surface area (Å²) in [4.78, 5) is 0. The first kappa shape index (κ1) is 20.8. The fourth-order valence-electron chi connectivity index (χ4n) is 3.63. The van der Waals surface area contributed by atoms with Crippen LogP contribution in [-0.4, -0.2) is 16.3 Å². The highest BCUT2D eigenvalue weighted by Crippen LogP contribution is 2.34. The van der Waals surface area contributed by atoms with E-state index in [1.54, 1.807) is 0 Å². The number of nitrogens with zero attached hydrogens (tertiary/aromatic N) is 1. The number of benzene rings is 2. The van der Waals surface area contributed by atoms with Gasteiger partial charge in [-0.2, -0.15) is 0 Å². The number of para-hydroxylation sites is 1. The number of unbranched alkanes of at least 4 members (excludes halogenated alkanes) is 4. The largest absolute Gasteiger partial charge is 0.493 e. The first-order chi connectivity index (χ1) is 13.5. The Morgan fingerprint density at radius 2 is 1.82 bits per heavy atom. The molecule has 0 amide bonds. The molecule has 1 atom stereocenters. The second kappa shape index (κ2) is 9.49. The number of aromatic nitrogens is 1. The Balaban J connectivity index is 1.75. The summed E-state index contributed by atoms with van der Waals surface area (Å²) in [5, 5.41) is 13.1. The van der Waals surface area contributed by atoms with Crippen LogP contribution in [0, 0.1) is 0 Å². The van der Waals surface area contributed by atoms with Gasteiger partial charge in [-0.3, -0.25) is 0 Å². The van der Waals surface area contributed by atoms with Gasteiger partial charge in [0.15, 0.2) is 0 Å². The summed E-state index contributed by atoms with van der Waals surface area (Å²) in [6.07, 6.45) is 7.95. The van der Waals surface area contributed by atoms with Gasteiger partial charge in [0.1, 0.15) is 11.4 Å². The Hall–Kier alpha value is -1.97. The second-order valence-electron chi connectivity index (χ2n) is 7.68. The lowest BCUT2D eigenvalue weighted by Gasteiger charge is -2.27. The smallest absolute Gasteiger partial charge is 0.125 e. The molecular formula is C24H30ClNO2. The molecular weight excluding hydrogens is 370 g/mol. The molecule has 150 valence electrons. The molecule has 1 heterocycles. The maximum atomic E-state index is 11.3. The van der Waals surface area contributed by atoms with Gasteiger partial charge >= 0.3 is 0 Å². The zero-order valence-corrected chi connectivity index (χ0v) is 17.6. The van der Waals surface area contributed by atoms with E-state index >= 15 is 0 Å². The standard InChI is InChI=1S/C24H30ClNO2/c1-3-4-5-6-9-16-28-23-13-12-20(25)17-21(23)24(2,27)18-26-15-14-19-10-7-8-11-22(19)26/h7-8,10-15,17,27H,3-6,9,16,18H2,1-2H3. The van der Waals surface area contributed by atoms with Gasteiger partial charge < -0.3 is 14.4 Å². The minimum atomic E-state index is -1.11. The van der Waals surface area contributed by atoms with Gasteiger partial charge in [-0.25, -0.2) is 0 Å². The Kier molecular flexibility index (Phi) is 7.03. The van der Waals surface area contributed by atoms with E-state index < -0.39 is 5.60 Å². The van der Waals surface area contributed by atoms with Gasteiger partial charge in [-0.1, -0.05) is 62.4 Å². The average Bonchev–Trinajstić information content (AvgIpc) is 3.08. The predicted molar refractivity (Wildman–Crippen MR) is 117 cm³/mol. The molecule has 3 nitrogen and oxygen atoms in total. The lowest BCUT2D eigenvalue weighted by Crippen LogP contribution is -2.28. The summed E-state index contributed by atoms with van der Waals surface area (Å²) in [5.74, 6) is 0.710. The monoisotopic (exact) mass is 399 g/mol. The number of hydrogen-bond acceptors (Lipinski definition) is 2. The molecule has 3 aromatic rings. The van der Waals surface area contributed by atoms with Crippen molar-refractivity contribution in [3.63, 3.8) is 0 Å². The minimum Gasteiger partial charge on any atom is -0.493 e. The zero-order chi connectivity index (χ0) is 20.0. The summed E-state index contributed by atoms with van der Waals surface area (Å²) in [5.41, 5.74) is 0.721. The van der Waals surface area contributed by atoms with E-state index in [1.165, 1.54) is 25.7 Å². The lowest BCUT2D eigenvalue weighted by molar-refractivity contribution is 0.0364. The van der Waals surface area contributed by atoms with E-state index in [2.05, 4.69) is 29.7 Å². The van der Waals surface area contributed by atoms with Gasteiger partial charge in [0.05, 0.1) is 13.2 Å². The third-order valence-corrected chi connectivity index (χ3v) is 5.42. The first-order valence-electron chi connectivity index (χ1n) is 10.2. The second-order valence-corrected chi connectivity index (χ2v) is 8.12. The highest BCUT2D eigenvalue weighted by Gasteiger charge is 2.28. The number of ether oxygens (including phenoxy) is 1. The topological polar surface area (TPSA) is 34.4 Å². The van der Waals surface area contributed by atoms with Crippen LogP contribution < -0.4 is 4.74 Å². The van der Waals surface area contributed by atoms with Crippen molar-refractivity contribution >= 4 is 22.5 Å². The molecule has 0 aliphatic rings. The van der Waals surface area contributed by atoms with E-state index in [4.69, 9.17) is 16.3 Å². The van der Waals surface area contributed by atoms with Crippen molar-refractivity contribution in [2.24, 2.45) is 0 Å². The maximum Gasteiger partial charge on any atom is 0.125 e. The molecule has 0 spiro atoms. The van der Waals surface area contributed by atoms with Crippen LogP contribution in [0.2, 0.25) is 5.02 Å². The maximum absolute atomic E-state index is 11.3. The minimum absolute atomic E-state index is 0.424. The van der Waals surface area contributed by atoms with Crippen molar-refractivity contribution < 1.29 is 9.84 Å². The summed E-state index contributed by atoms with van der Waals surface area (Å²) in [6.45, 7) is 5.11. The average molecular weight is 400 g/mol. The van der Waals surface area contributed by atoms with Crippen molar-refractivity contribution in [3.05, 3.63) is 65.3 Å². The molecule has 3 rings (SSSR count). The molecule has 0 saturated heterocycles. The fraction of sp³-hybridized carbons (Fsp3) is 0.417. The molecule has 0 radical (unpaired) electrons. The molecule has 1 aromatic heterocycles. The van der Waals surface area contributed by atoms with E-state index in [0.717, 1.165) is 22.9 Å². The van der Waals surface area contributed by atoms with Crippen molar-refractivity contribution in [2.75, 3.05) is 6.61 Å². The van der Waals surface area contributed by atoms with Crippen molar-refractivity contribution in [3.8, 4) is 5.75 Å². The third-order valence-electron chi connectivity index (χ3n) is 5.19. The summed E-state index contributed by atoms with van der Waals surface area (Å²) >= 11 is 6.24. The molecule has 28 heavy (non-hydrogen) atoms. The lowest BCUT2D eigenvalue weighted by atomic mass is 9.94. The Morgan fingerprint density at radius 1 is 1.04 bits per heavy atom. The highest BCUT2D eigenvalue weighted by molar-refractivity contribution is 6.30. The van der Waals surface area contributed by atoms with E-state index in [-0.39, 0.29) is 0 Å². The summed E-state index contributed by atoms with van der Waals surface area (Å²) in [6, 6.07) is 15.7. The van der Waals surface area contributed by atoms with Crippen molar-refractivity contribution in [1.29, 1.82) is 0 Å². The molecule has 0 aliphatic heterocycles. The SMILES string of the molecule is CCCCCCCOc1ccc(Cl)cc1C(C)(O)Cn1ccc2ccccc21. The van der Waals surface area contributed by atoms with Crippen LogP contribution in [0.25, 0.3) is 10.9 Å². The Labute approximate surface area is 172 Å². The van der Waals surface area contributed by atoms with Gasteiger partial charge in [-0.05, 0) is 49.1 Å². The Morgan fingerprint density at radius 3 is 2.64 bits per heavy atom. The van der Waals surface area contributed by atoms with Gasteiger partial charge in [0, 0.05) is 22.3 Å². The number of fused-ring (bicyclic) bond motifs is 1. The van der Waals surface area contributed by atoms with Gasteiger partial charge in [0.2, 0.25) is 0 Å². The first-order valence-corrected chi connectivity index (χ1v) is 10.6. The van der Waals surface area contributed by atoms with Crippen LogP contribution in [0.4, 0.5) is 0 Å². The number of rotatable bonds is 10. The number of hydrogen-bond donors (Lipinski definition) is 1. The molecule has 0 saturated carbocycles. The molecule has 1 N–H and O–H groups in total. The number of aliphatic hydroxyl groups is 1. The van der Waals surface area contributed by atoms with Crippen LogP contribution in [0.15, 0.2) is 54.7 Å². The van der Waals surface area contributed by atoms with Gasteiger partial charge in [-0.15, -0.1) is 0 Å². The quantitative estimate of drug-likeness (QED) is 0.392. The Bertz CT molecular complexity index is 901. The molecule has 4 heteroatoms. The molecule has 2 aromatic carbocycles. The molecule has 0 aliphatic carbocycles. The molecule has 1 unspecified atom stereocenters.